The molecule has 0 fully saturated rings. The molecule has 0 saturated heterocycles. The SMILES string of the molecule is C[P+](C)(C)CCS. The summed E-state index contributed by atoms with van der Waals surface area (Å²) in [5.74, 6) is 1.05. The van der Waals surface area contributed by atoms with Crippen molar-refractivity contribution in [3.05, 3.63) is 0 Å². The molecule has 0 aromatic carbocycles. The summed E-state index contributed by atoms with van der Waals surface area (Å²) in [6.45, 7) is 7.01. The van der Waals surface area contributed by atoms with Gasteiger partial charge in [0.25, 0.3) is 0 Å². The van der Waals surface area contributed by atoms with Crippen LogP contribution in [0.3, 0.4) is 0 Å². The Hall–Kier alpha value is 0.780. The molecule has 0 aliphatic heterocycles. The van der Waals surface area contributed by atoms with Crippen molar-refractivity contribution in [3.63, 3.8) is 0 Å². The average molecular weight is 137 g/mol. The fourth-order valence-electron chi connectivity index (χ4n) is 0.300. The number of rotatable bonds is 2. The van der Waals surface area contributed by atoms with Crippen molar-refractivity contribution in [3.8, 4) is 0 Å². The third-order valence-electron chi connectivity index (χ3n) is 0.771. The lowest BCUT2D eigenvalue weighted by Gasteiger charge is -2.07. The summed E-state index contributed by atoms with van der Waals surface area (Å²) in [6.07, 6.45) is 1.32. The van der Waals surface area contributed by atoms with E-state index < -0.39 is 7.26 Å². The van der Waals surface area contributed by atoms with E-state index in [1.165, 1.54) is 6.16 Å². The lowest BCUT2D eigenvalue weighted by Crippen LogP contribution is -1.92. The number of hydrogen-bond acceptors (Lipinski definition) is 1. The zero-order valence-electron chi connectivity index (χ0n) is 5.31. The van der Waals surface area contributed by atoms with Gasteiger partial charge in [0.05, 0.1) is 6.16 Å². The van der Waals surface area contributed by atoms with Gasteiger partial charge >= 0.3 is 0 Å². The molecule has 0 aromatic rings. The first-order valence-electron chi connectivity index (χ1n) is 2.47. The highest BCUT2D eigenvalue weighted by Gasteiger charge is 2.13. The van der Waals surface area contributed by atoms with Crippen molar-refractivity contribution < 1.29 is 0 Å². The normalized spacial score (nSPS) is 12.0. The molecule has 0 spiro atoms. The lowest BCUT2D eigenvalue weighted by atomic mass is 11.0. The monoisotopic (exact) mass is 137 g/mol. The average Bonchev–Trinajstić information content (AvgIpc) is 1.30. The zero-order chi connectivity index (χ0) is 5.91. The largest absolute Gasteiger partial charge is 0.176 e. The van der Waals surface area contributed by atoms with E-state index >= 15 is 0 Å². The topological polar surface area (TPSA) is 0 Å². The Balaban J connectivity index is 3.15. The molecule has 44 valence electrons. The highest BCUT2D eigenvalue weighted by atomic mass is 32.1. The summed E-state index contributed by atoms with van der Waals surface area (Å²) in [4.78, 5) is 0. The smallest absolute Gasteiger partial charge is 0.0674 e. The van der Waals surface area contributed by atoms with Gasteiger partial charge < -0.3 is 0 Å². The van der Waals surface area contributed by atoms with E-state index in [1.54, 1.807) is 0 Å². The van der Waals surface area contributed by atoms with Crippen molar-refractivity contribution in [1.82, 2.24) is 0 Å². The van der Waals surface area contributed by atoms with E-state index in [-0.39, 0.29) is 0 Å². The van der Waals surface area contributed by atoms with Crippen LogP contribution in [0.5, 0.6) is 0 Å². The third kappa shape index (κ3) is 6.78. The molecular weight excluding hydrogens is 123 g/mol. The van der Waals surface area contributed by atoms with Gasteiger partial charge in [-0.05, 0) is 0 Å². The molecule has 0 amide bonds. The van der Waals surface area contributed by atoms with E-state index in [4.69, 9.17) is 0 Å². The van der Waals surface area contributed by atoms with Gasteiger partial charge in [-0.15, -0.1) is 0 Å². The Labute approximate surface area is 52.4 Å². The predicted molar refractivity (Wildman–Crippen MR) is 43.4 cm³/mol. The maximum atomic E-state index is 4.14. The van der Waals surface area contributed by atoms with Crippen LogP contribution in [-0.4, -0.2) is 31.9 Å². The molecule has 0 unspecified atom stereocenters. The number of thiol groups is 1. The zero-order valence-corrected chi connectivity index (χ0v) is 7.10. The van der Waals surface area contributed by atoms with E-state index in [1.807, 2.05) is 0 Å². The van der Waals surface area contributed by atoms with Crippen LogP contribution in [0.1, 0.15) is 0 Å². The Morgan fingerprint density at radius 1 is 1.29 bits per heavy atom. The summed E-state index contributed by atoms with van der Waals surface area (Å²) < 4.78 is 0. The van der Waals surface area contributed by atoms with Crippen LogP contribution < -0.4 is 0 Å². The summed E-state index contributed by atoms with van der Waals surface area (Å²) in [5, 5.41) is 0. The third-order valence-corrected chi connectivity index (χ3v) is 2.91. The summed E-state index contributed by atoms with van der Waals surface area (Å²) in [7, 11) is -0.492. The quantitative estimate of drug-likeness (QED) is 0.435. The van der Waals surface area contributed by atoms with Gasteiger partial charge in [0.1, 0.15) is 0 Å². The van der Waals surface area contributed by atoms with Crippen molar-refractivity contribution in [2.24, 2.45) is 0 Å². The van der Waals surface area contributed by atoms with Crippen LogP contribution in [0.25, 0.3) is 0 Å². The van der Waals surface area contributed by atoms with Crippen LogP contribution in [0.15, 0.2) is 0 Å². The van der Waals surface area contributed by atoms with Gasteiger partial charge in [0.2, 0.25) is 0 Å². The molecule has 0 aliphatic rings. The Kier molecular flexibility index (Phi) is 3.27. The molecule has 0 saturated carbocycles. The Bertz CT molecular complexity index is 46.5. The molecule has 0 nitrogen and oxygen atoms in total. The van der Waals surface area contributed by atoms with Crippen LogP contribution in [-0.2, 0) is 0 Å². The molecule has 0 bridgehead atoms. The predicted octanol–water partition coefficient (Wildman–Crippen LogP) is 1.82. The summed E-state index contributed by atoms with van der Waals surface area (Å²) >= 11 is 4.14. The molecule has 0 rings (SSSR count). The molecule has 0 aromatic heterocycles. The van der Waals surface area contributed by atoms with Gasteiger partial charge in [-0.2, -0.15) is 12.6 Å². The molecule has 7 heavy (non-hydrogen) atoms. The van der Waals surface area contributed by atoms with E-state index in [0.29, 0.717) is 0 Å². The maximum absolute atomic E-state index is 4.14. The molecule has 0 aliphatic carbocycles. The van der Waals surface area contributed by atoms with Gasteiger partial charge in [0, 0.05) is 33.0 Å². The minimum absolute atomic E-state index is 0.492. The van der Waals surface area contributed by atoms with Crippen LogP contribution >= 0.6 is 19.9 Å². The van der Waals surface area contributed by atoms with Crippen molar-refractivity contribution in [2.75, 3.05) is 31.9 Å². The van der Waals surface area contributed by atoms with Gasteiger partial charge in [-0.1, -0.05) is 0 Å². The second-order valence-corrected chi connectivity index (χ2v) is 8.21. The first-order valence-corrected chi connectivity index (χ1v) is 6.42. The molecule has 0 heterocycles. The Morgan fingerprint density at radius 2 is 1.71 bits per heavy atom. The molecule has 0 N–H and O–H groups in total. The minimum atomic E-state index is -0.492. The van der Waals surface area contributed by atoms with Crippen molar-refractivity contribution in [2.45, 2.75) is 0 Å². The maximum Gasteiger partial charge on any atom is 0.0674 e. The second kappa shape index (κ2) is 2.94. The highest BCUT2D eigenvalue weighted by molar-refractivity contribution is 7.82. The second-order valence-electron chi connectivity index (χ2n) is 2.74. The van der Waals surface area contributed by atoms with Gasteiger partial charge in [-0.25, -0.2) is 0 Å². The highest BCUT2D eigenvalue weighted by Crippen LogP contribution is 2.45. The number of hydrogen-bond donors (Lipinski definition) is 1. The minimum Gasteiger partial charge on any atom is -0.176 e. The molecule has 2 heteroatoms. The van der Waals surface area contributed by atoms with Crippen LogP contribution in [0, 0.1) is 0 Å². The van der Waals surface area contributed by atoms with E-state index in [2.05, 4.69) is 32.6 Å². The van der Waals surface area contributed by atoms with Crippen LogP contribution in [0.2, 0.25) is 0 Å². The van der Waals surface area contributed by atoms with Gasteiger partial charge in [0.15, 0.2) is 0 Å². The first kappa shape index (κ1) is 7.78. The van der Waals surface area contributed by atoms with Gasteiger partial charge in [-0.3, -0.25) is 0 Å². The van der Waals surface area contributed by atoms with E-state index in [9.17, 15) is 0 Å². The molecule has 0 atom stereocenters. The fraction of sp³-hybridized carbons (Fsp3) is 1.00. The van der Waals surface area contributed by atoms with Crippen LogP contribution in [0.4, 0.5) is 0 Å². The lowest BCUT2D eigenvalue weighted by molar-refractivity contribution is 1.50. The fourth-order valence-corrected chi connectivity index (χ4v) is 2.70. The van der Waals surface area contributed by atoms with Crippen molar-refractivity contribution >= 4 is 19.9 Å². The summed E-state index contributed by atoms with van der Waals surface area (Å²) in [6, 6.07) is 0. The first-order chi connectivity index (χ1) is 3.06. The van der Waals surface area contributed by atoms with E-state index in [0.717, 1.165) is 5.75 Å². The molecule has 0 radical (unpaired) electrons. The Morgan fingerprint density at radius 3 is 1.71 bits per heavy atom. The summed E-state index contributed by atoms with van der Waals surface area (Å²) in [5.41, 5.74) is 0. The molecular formula is C5H14PS+. The van der Waals surface area contributed by atoms with Crippen molar-refractivity contribution in [1.29, 1.82) is 0 Å². The standard InChI is InChI=1S/C5H13PS/c1-6(2,3)4-5-7/h4-5H2,1-3H3/p+1.